The lowest BCUT2D eigenvalue weighted by Gasteiger charge is -2.36. The number of aromatic nitrogens is 2. The van der Waals surface area contributed by atoms with E-state index in [2.05, 4.69) is 10.1 Å². The fraction of sp³-hybridized carbons (Fsp3) is 0.455. The molecule has 0 atom stereocenters. The molecule has 0 aromatic carbocycles. The van der Waals surface area contributed by atoms with Gasteiger partial charge in [0, 0.05) is 22.9 Å². The summed E-state index contributed by atoms with van der Waals surface area (Å²) in [4.78, 5) is 4.37. The van der Waals surface area contributed by atoms with Gasteiger partial charge in [0.1, 0.15) is 0 Å². The quantitative estimate of drug-likeness (QED) is 0.886. The summed E-state index contributed by atoms with van der Waals surface area (Å²) in [7, 11) is 0. The van der Waals surface area contributed by atoms with Crippen molar-refractivity contribution in [1.82, 2.24) is 10.1 Å². The molecule has 4 nitrogen and oxygen atoms in total. The molecule has 3 rings (SSSR count). The van der Waals surface area contributed by atoms with E-state index in [4.69, 9.17) is 10.3 Å². The summed E-state index contributed by atoms with van der Waals surface area (Å²) in [6.45, 7) is 0. The van der Waals surface area contributed by atoms with Gasteiger partial charge in [-0.3, -0.25) is 0 Å². The molecule has 1 fully saturated rings. The number of thiophene rings is 1. The van der Waals surface area contributed by atoms with Crippen molar-refractivity contribution in [2.45, 2.75) is 31.2 Å². The van der Waals surface area contributed by atoms with Crippen molar-refractivity contribution in [2.75, 3.05) is 0 Å². The van der Waals surface area contributed by atoms with Gasteiger partial charge >= 0.3 is 0 Å². The standard InChI is InChI=1S/C11H13N3OS/c12-11(3-1-4-11)6-9-13-10(14-15-9)8-2-5-16-7-8/h2,5,7H,1,3-4,6,12H2. The number of hydrogen-bond donors (Lipinski definition) is 1. The second kappa shape index (κ2) is 3.68. The molecule has 0 unspecified atom stereocenters. The van der Waals surface area contributed by atoms with Crippen molar-refractivity contribution in [3.63, 3.8) is 0 Å². The lowest BCUT2D eigenvalue weighted by Crippen LogP contribution is -2.48. The molecule has 0 radical (unpaired) electrons. The van der Waals surface area contributed by atoms with E-state index in [9.17, 15) is 0 Å². The number of nitrogens with two attached hydrogens (primary N) is 1. The third-order valence-electron chi connectivity index (χ3n) is 3.10. The first-order chi connectivity index (χ1) is 7.75. The van der Waals surface area contributed by atoms with E-state index in [1.165, 1.54) is 6.42 Å². The lowest BCUT2D eigenvalue weighted by atomic mass is 9.75. The van der Waals surface area contributed by atoms with E-state index >= 15 is 0 Å². The maximum absolute atomic E-state index is 6.14. The van der Waals surface area contributed by atoms with Crippen molar-refractivity contribution in [2.24, 2.45) is 5.73 Å². The molecule has 84 valence electrons. The SMILES string of the molecule is NC1(Cc2nc(-c3ccsc3)no2)CCC1. The molecule has 2 aromatic heterocycles. The summed E-state index contributed by atoms with van der Waals surface area (Å²) < 4.78 is 5.22. The summed E-state index contributed by atoms with van der Waals surface area (Å²) >= 11 is 1.63. The Morgan fingerprint density at radius 1 is 1.50 bits per heavy atom. The summed E-state index contributed by atoms with van der Waals surface area (Å²) in [6.07, 6.45) is 4.03. The van der Waals surface area contributed by atoms with Gasteiger partial charge in [0.15, 0.2) is 0 Å². The van der Waals surface area contributed by atoms with E-state index in [1.807, 2.05) is 16.8 Å². The van der Waals surface area contributed by atoms with Crippen LogP contribution in [0, 0.1) is 0 Å². The van der Waals surface area contributed by atoms with Gasteiger partial charge in [-0.1, -0.05) is 5.16 Å². The summed E-state index contributed by atoms with van der Waals surface area (Å²) in [6, 6.07) is 1.99. The predicted octanol–water partition coefficient (Wildman–Crippen LogP) is 2.22. The third kappa shape index (κ3) is 1.76. The van der Waals surface area contributed by atoms with Gasteiger partial charge in [-0.25, -0.2) is 0 Å². The lowest BCUT2D eigenvalue weighted by molar-refractivity contribution is 0.222. The first kappa shape index (κ1) is 9.99. The fourth-order valence-corrected chi connectivity index (χ4v) is 2.58. The molecule has 5 heteroatoms. The fourth-order valence-electron chi connectivity index (χ4n) is 1.94. The number of hydrogen-bond acceptors (Lipinski definition) is 5. The minimum atomic E-state index is -0.0988. The highest BCUT2D eigenvalue weighted by Crippen LogP contribution is 2.32. The highest BCUT2D eigenvalue weighted by atomic mass is 32.1. The highest BCUT2D eigenvalue weighted by Gasteiger charge is 2.34. The molecule has 0 bridgehead atoms. The van der Waals surface area contributed by atoms with E-state index < -0.39 is 0 Å². The molecule has 0 saturated heterocycles. The largest absolute Gasteiger partial charge is 0.339 e. The van der Waals surface area contributed by atoms with E-state index in [-0.39, 0.29) is 5.54 Å². The molecular formula is C11H13N3OS. The van der Waals surface area contributed by atoms with Crippen molar-refractivity contribution < 1.29 is 4.52 Å². The molecule has 0 aliphatic heterocycles. The van der Waals surface area contributed by atoms with Crippen LogP contribution in [0.2, 0.25) is 0 Å². The van der Waals surface area contributed by atoms with Crippen LogP contribution in [-0.4, -0.2) is 15.7 Å². The van der Waals surface area contributed by atoms with Crippen LogP contribution >= 0.6 is 11.3 Å². The van der Waals surface area contributed by atoms with Crippen molar-refractivity contribution in [3.8, 4) is 11.4 Å². The van der Waals surface area contributed by atoms with Gasteiger partial charge in [0.05, 0.1) is 0 Å². The van der Waals surface area contributed by atoms with Crippen LogP contribution in [-0.2, 0) is 6.42 Å². The van der Waals surface area contributed by atoms with Gasteiger partial charge in [0.25, 0.3) is 0 Å². The van der Waals surface area contributed by atoms with E-state index in [0.29, 0.717) is 18.1 Å². The van der Waals surface area contributed by atoms with Gasteiger partial charge < -0.3 is 10.3 Å². The first-order valence-electron chi connectivity index (χ1n) is 5.39. The summed E-state index contributed by atoms with van der Waals surface area (Å²) in [5.41, 5.74) is 7.05. The number of rotatable bonds is 3. The van der Waals surface area contributed by atoms with Crippen molar-refractivity contribution in [3.05, 3.63) is 22.7 Å². The monoisotopic (exact) mass is 235 g/mol. The van der Waals surface area contributed by atoms with Crippen LogP contribution in [0.15, 0.2) is 21.3 Å². The van der Waals surface area contributed by atoms with Crippen LogP contribution in [0.1, 0.15) is 25.2 Å². The summed E-state index contributed by atoms with van der Waals surface area (Å²) in [5.74, 6) is 1.32. The Balaban J connectivity index is 1.78. The zero-order chi connectivity index (χ0) is 11.0. The molecule has 2 heterocycles. The molecule has 2 N–H and O–H groups in total. The van der Waals surface area contributed by atoms with Crippen molar-refractivity contribution >= 4 is 11.3 Å². The van der Waals surface area contributed by atoms with Gasteiger partial charge in [-0.05, 0) is 30.7 Å². The van der Waals surface area contributed by atoms with Gasteiger partial charge in [-0.15, -0.1) is 0 Å². The topological polar surface area (TPSA) is 64.9 Å². The Hall–Kier alpha value is -1.20. The molecule has 0 spiro atoms. The smallest absolute Gasteiger partial charge is 0.228 e. The van der Waals surface area contributed by atoms with Crippen molar-refractivity contribution in [1.29, 1.82) is 0 Å². The molecule has 1 aliphatic rings. The minimum absolute atomic E-state index is 0.0988. The van der Waals surface area contributed by atoms with Crippen LogP contribution in [0.5, 0.6) is 0 Å². The average Bonchev–Trinajstić information content (AvgIpc) is 2.83. The molecule has 1 aliphatic carbocycles. The maximum atomic E-state index is 6.14. The maximum Gasteiger partial charge on any atom is 0.228 e. The Morgan fingerprint density at radius 2 is 2.38 bits per heavy atom. The molecule has 1 saturated carbocycles. The van der Waals surface area contributed by atoms with E-state index in [0.717, 1.165) is 18.4 Å². The zero-order valence-electron chi connectivity index (χ0n) is 8.85. The Kier molecular flexibility index (Phi) is 2.29. The first-order valence-corrected chi connectivity index (χ1v) is 6.34. The third-order valence-corrected chi connectivity index (χ3v) is 3.78. The molecule has 16 heavy (non-hydrogen) atoms. The predicted molar refractivity (Wildman–Crippen MR) is 62.1 cm³/mol. The van der Waals surface area contributed by atoms with Crippen LogP contribution < -0.4 is 5.73 Å². The minimum Gasteiger partial charge on any atom is -0.339 e. The highest BCUT2D eigenvalue weighted by molar-refractivity contribution is 7.08. The van der Waals surface area contributed by atoms with Crippen LogP contribution in [0.25, 0.3) is 11.4 Å². The number of nitrogens with zero attached hydrogens (tertiary/aromatic N) is 2. The summed E-state index contributed by atoms with van der Waals surface area (Å²) in [5, 5.41) is 7.98. The Labute approximate surface area is 97.5 Å². The van der Waals surface area contributed by atoms with Gasteiger partial charge in [0.2, 0.25) is 11.7 Å². The van der Waals surface area contributed by atoms with Crippen LogP contribution in [0.3, 0.4) is 0 Å². The van der Waals surface area contributed by atoms with E-state index in [1.54, 1.807) is 11.3 Å². The average molecular weight is 235 g/mol. The second-order valence-corrected chi connectivity index (χ2v) is 5.20. The van der Waals surface area contributed by atoms with Gasteiger partial charge in [-0.2, -0.15) is 16.3 Å². The molecule has 0 amide bonds. The Morgan fingerprint density at radius 3 is 3.00 bits per heavy atom. The Bertz CT molecular complexity index is 473. The molecule has 2 aromatic rings. The normalized spacial score (nSPS) is 18.3. The van der Waals surface area contributed by atoms with Crippen LogP contribution in [0.4, 0.5) is 0 Å². The molecular weight excluding hydrogens is 222 g/mol. The zero-order valence-corrected chi connectivity index (χ0v) is 9.67. The second-order valence-electron chi connectivity index (χ2n) is 4.42.